The van der Waals surface area contributed by atoms with E-state index in [0.717, 1.165) is 12.5 Å². The molecule has 0 aliphatic carbocycles. The molecule has 0 bridgehead atoms. The van der Waals surface area contributed by atoms with E-state index in [0.29, 0.717) is 0 Å². The Hall–Kier alpha value is -1.92. The number of nitrogens with one attached hydrogen (secondary N) is 1. The first-order valence-corrected chi connectivity index (χ1v) is 6.25. The SMILES string of the molecule is CC(=O)[C@@H](O)[C@H](O)C(C)NC(=O)OCc1ccccc1. The van der Waals surface area contributed by atoms with Crippen LogP contribution < -0.4 is 5.32 Å². The molecule has 1 aromatic rings. The van der Waals surface area contributed by atoms with E-state index >= 15 is 0 Å². The van der Waals surface area contributed by atoms with Crippen LogP contribution in [0.4, 0.5) is 4.79 Å². The lowest BCUT2D eigenvalue weighted by molar-refractivity contribution is -0.131. The number of Topliss-reactive ketones (excluding diaryl/α,β-unsaturated/α-hetero) is 1. The second-order valence-electron chi connectivity index (χ2n) is 4.54. The summed E-state index contributed by atoms with van der Waals surface area (Å²) in [4.78, 5) is 22.4. The minimum Gasteiger partial charge on any atom is -0.445 e. The third kappa shape index (κ3) is 4.99. The summed E-state index contributed by atoms with van der Waals surface area (Å²) in [6.07, 6.45) is -3.63. The predicted octanol–water partition coefficient (Wildman–Crippen LogP) is 0.612. The normalized spacial score (nSPS) is 15.0. The van der Waals surface area contributed by atoms with E-state index in [1.807, 2.05) is 30.3 Å². The number of aliphatic hydroxyl groups excluding tert-OH is 2. The predicted molar refractivity (Wildman–Crippen MR) is 71.9 cm³/mol. The fourth-order valence-corrected chi connectivity index (χ4v) is 1.55. The third-order valence-electron chi connectivity index (χ3n) is 2.81. The maximum absolute atomic E-state index is 11.5. The molecule has 6 nitrogen and oxygen atoms in total. The molecule has 6 heteroatoms. The van der Waals surface area contributed by atoms with Crippen LogP contribution in [0.15, 0.2) is 30.3 Å². The standard InChI is InChI=1S/C14H19NO5/c1-9(12(17)13(18)10(2)16)15-14(19)20-8-11-6-4-3-5-7-11/h3-7,9,12-13,17-18H,8H2,1-2H3,(H,15,19)/t9?,12-,13-/m1/s1. The quantitative estimate of drug-likeness (QED) is 0.710. The molecule has 3 atom stereocenters. The maximum atomic E-state index is 11.5. The van der Waals surface area contributed by atoms with Gasteiger partial charge in [-0.1, -0.05) is 30.3 Å². The van der Waals surface area contributed by atoms with Crippen LogP contribution >= 0.6 is 0 Å². The van der Waals surface area contributed by atoms with Crippen LogP contribution in [0.3, 0.4) is 0 Å². The average molecular weight is 281 g/mol. The summed E-state index contributed by atoms with van der Waals surface area (Å²) in [6, 6.07) is 8.32. The molecule has 110 valence electrons. The fraction of sp³-hybridized carbons (Fsp3) is 0.429. The van der Waals surface area contributed by atoms with Gasteiger partial charge in [0.25, 0.3) is 0 Å². The Kier molecular flexibility index (Phi) is 6.14. The van der Waals surface area contributed by atoms with E-state index in [2.05, 4.69) is 5.32 Å². The van der Waals surface area contributed by atoms with Gasteiger partial charge in [-0.2, -0.15) is 0 Å². The molecule has 0 saturated heterocycles. The van der Waals surface area contributed by atoms with Crippen molar-refractivity contribution < 1.29 is 24.5 Å². The largest absolute Gasteiger partial charge is 0.445 e. The van der Waals surface area contributed by atoms with Crippen LogP contribution in [0, 0.1) is 0 Å². The van der Waals surface area contributed by atoms with Gasteiger partial charge in [0.05, 0.1) is 6.04 Å². The van der Waals surface area contributed by atoms with E-state index in [9.17, 15) is 19.8 Å². The molecule has 1 amide bonds. The Labute approximate surface area is 117 Å². The van der Waals surface area contributed by atoms with Gasteiger partial charge in [0.1, 0.15) is 18.8 Å². The van der Waals surface area contributed by atoms with Gasteiger partial charge in [0, 0.05) is 0 Å². The molecule has 3 N–H and O–H groups in total. The van der Waals surface area contributed by atoms with Gasteiger partial charge < -0.3 is 20.3 Å². The van der Waals surface area contributed by atoms with Crippen LogP contribution in [-0.2, 0) is 16.1 Å². The highest BCUT2D eigenvalue weighted by molar-refractivity contribution is 5.81. The fourth-order valence-electron chi connectivity index (χ4n) is 1.55. The molecule has 0 radical (unpaired) electrons. The molecule has 0 aromatic heterocycles. The van der Waals surface area contributed by atoms with E-state index < -0.39 is 30.1 Å². The zero-order valence-corrected chi connectivity index (χ0v) is 11.4. The van der Waals surface area contributed by atoms with Crippen LogP contribution in [0.25, 0.3) is 0 Å². The molecule has 0 heterocycles. The van der Waals surface area contributed by atoms with Crippen molar-refractivity contribution in [2.24, 2.45) is 0 Å². The van der Waals surface area contributed by atoms with Crippen molar-refractivity contribution in [2.75, 3.05) is 0 Å². The Balaban J connectivity index is 2.40. The summed E-state index contributed by atoms with van der Waals surface area (Å²) >= 11 is 0. The van der Waals surface area contributed by atoms with Crippen LogP contribution in [0.2, 0.25) is 0 Å². The Morgan fingerprint density at radius 2 is 1.85 bits per heavy atom. The summed E-state index contributed by atoms with van der Waals surface area (Å²) < 4.78 is 4.96. The lowest BCUT2D eigenvalue weighted by Gasteiger charge is -2.22. The van der Waals surface area contributed by atoms with Gasteiger partial charge >= 0.3 is 6.09 Å². The Bertz CT molecular complexity index is 448. The first-order valence-electron chi connectivity index (χ1n) is 6.25. The molecule has 0 aliphatic rings. The highest BCUT2D eigenvalue weighted by atomic mass is 16.5. The number of rotatable bonds is 6. The number of amides is 1. The lowest BCUT2D eigenvalue weighted by Crippen LogP contribution is -2.48. The molecule has 1 aromatic carbocycles. The second kappa shape index (κ2) is 7.62. The molecule has 0 spiro atoms. The highest BCUT2D eigenvalue weighted by Crippen LogP contribution is 2.03. The van der Waals surface area contributed by atoms with E-state index in [1.165, 1.54) is 6.92 Å². The smallest absolute Gasteiger partial charge is 0.407 e. The monoisotopic (exact) mass is 281 g/mol. The number of carbonyl (C=O) groups excluding carboxylic acids is 2. The van der Waals surface area contributed by atoms with Crippen molar-refractivity contribution in [3.05, 3.63) is 35.9 Å². The van der Waals surface area contributed by atoms with Gasteiger partial charge in [0.2, 0.25) is 0 Å². The minimum atomic E-state index is -1.53. The Morgan fingerprint density at radius 1 is 1.25 bits per heavy atom. The molecular weight excluding hydrogens is 262 g/mol. The Morgan fingerprint density at radius 3 is 2.40 bits per heavy atom. The number of benzene rings is 1. The van der Waals surface area contributed by atoms with Crippen LogP contribution in [0.5, 0.6) is 0 Å². The van der Waals surface area contributed by atoms with Crippen LogP contribution in [-0.4, -0.2) is 40.3 Å². The van der Waals surface area contributed by atoms with Crippen molar-refractivity contribution in [1.82, 2.24) is 5.32 Å². The lowest BCUT2D eigenvalue weighted by atomic mass is 10.0. The molecule has 0 fully saturated rings. The number of ether oxygens (including phenoxy) is 1. The summed E-state index contributed by atoms with van der Waals surface area (Å²) in [5.41, 5.74) is 0.833. The van der Waals surface area contributed by atoms with Gasteiger partial charge in [0.15, 0.2) is 5.78 Å². The highest BCUT2D eigenvalue weighted by Gasteiger charge is 2.27. The van der Waals surface area contributed by atoms with Gasteiger partial charge in [-0.25, -0.2) is 4.79 Å². The van der Waals surface area contributed by atoms with Crippen molar-refractivity contribution >= 4 is 11.9 Å². The number of ketones is 1. The number of hydrogen-bond acceptors (Lipinski definition) is 5. The van der Waals surface area contributed by atoms with Crippen molar-refractivity contribution in [2.45, 2.75) is 38.7 Å². The molecule has 1 rings (SSSR count). The topological polar surface area (TPSA) is 95.9 Å². The second-order valence-corrected chi connectivity index (χ2v) is 4.54. The molecule has 1 unspecified atom stereocenters. The first kappa shape index (κ1) is 16.1. The maximum Gasteiger partial charge on any atom is 0.407 e. The number of aliphatic hydroxyl groups is 2. The van der Waals surface area contributed by atoms with Crippen molar-refractivity contribution in [1.29, 1.82) is 0 Å². The van der Waals surface area contributed by atoms with E-state index in [-0.39, 0.29) is 6.61 Å². The summed E-state index contributed by atoms with van der Waals surface area (Å²) in [5, 5.41) is 21.4. The number of carbonyl (C=O) groups is 2. The average Bonchev–Trinajstić information content (AvgIpc) is 2.44. The van der Waals surface area contributed by atoms with Crippen molar-refractivity contribution in [3.8, 4) is 0 Å². The third-order valence-corrected chi connectivity index (χ3v) is 2.81. The summed E-state index contributed by atoms with van der Waals surface area (Å²) in [7, 11) is 0. The van der Waals surface area contributed by atoms with E-state index in [4.69, 9.17) is 4.74 Å². The van der Waals surface area contributed by atoms with Gasteiger partial charge in [-0.15, -0.1) is 0 Å². The molecular formula is C14H19NO5. The van der Waals surface area contributed by atoms with Gasteiger partial charge in [-0.3, -0.25) is 4.79 Å². The number of alkyl carbamates (subject to hydrolysis) is 1. The van der Waals surface area contributed by atoms with Crippen LogP contribution in [0.1, 0.15) is 19.4 Å². The number of hydrogen-bond donors (Lipinski definition) is 3. The summed E-state index contributed by atoms with van der Waals surface area (Å²) in [6.45, 7) is 2.74. The zero-order valence-electron chi connectivity index (χ0n) is 11.4. The summed E-state index contributed by atoms with van der Waals surface area (Å²) in [5.74, 6) is -0.566. The van der Waals surface area contributed by atoms with Gasteiger partial charge in [-0.05, 0) is 19.4 Å². The molecule has 20 heavy (non-hydrogen) atoms. The minimum absolute atomic E-state index is 0.102. The molecule has 0 saturated carbocycles. The van der Waals surface area contributed by atoms with Crippen molar-refractivity contribution in [3.63, 3.8) is 0 Å². The first-order chi connectivity index (χ1) is 9.41. The molecule has 0 aliphatic heterocycles. The zero-order chi connectivity index (χ0) is 15.1. The van der Waals surface area contributed by atoms with E-state index in [1.54, 1.807) is 0 Å².